The van der Waals surface area contributed by atoms with Crippen LogP contribution < -0.4 is 5.32 Å². The Labute approximate surface area is 81.7 Å². The molecule has 13 heavy (non-hydrogen) atoms. The molecule has 0 saturated carbocycles. The molecule has 0 spiro atoms. The molecule has 0 aromatic carbocycles. The Kier molecular flexibility index (Phi) is 4.27. The van der Waals surface area contributed by atoms with Gasteiger partial charge < -0.3 is 5.32 Å². The summed E-state index contributed by atoms with van der Waals surface area (Å²) in [6.45, 7) is 8.97. The minimum Gasteiger partial charge on any atom is -0.314 e. The lowest BCUT2D eigenvalue weighted by molar-refractivity contribution is 0.128. The topological polar surface area (TPSA) is 15.3 Å². The minimum absolute atomic E-state index is 0.669. The van der Waals surface area contributed by atoms with E-state index in [2.05, 4.69) is 30.0 Å². The van der Waals surface area contributed by atoms with E-state index in [9.17, 15) is 0 Å². The van der Waals surface area contributed by atoms with E-state index in [1.165, 1.54) is 0 Å². The Balaban J connectivity index is 2.42. The molecule has 0 aromatic heterocycles. The number of hydrogen-bond donors (Lipinski definition) is 1. The van der Waals surface area contributed by atoms with Crippen molar-refractivity contribution in [3.63, 3.8) is 0 Å². The zero-order chi connectivity index (χ0) is 9.68. The predicted molar refractivity (Wildman–Crippen MR) is 56.5 cm³/mol. The molecule has 0 bridgehead atoms. The van der Waals surface area contributed by atoms with E-state index in [4.69, 9.17) is 6.42 Å². The van der Waals surface area contributed by atoms with Gasteiger partial charge in [0.25, 0.3) is 0 Å². The van der Waals surface area contributed by atoms with Gasteiger partial charge >= 0.3 is 0 Å². The van der Waals surface area contributed by atoms with Gasteiger partial charge in [-0.25, -0.2) is 0 Å². The van der Waals surface area contributed by atoms with Gasteiger partial charge in [-0.2, -0.15) is 0 Å². The average Bonchev–Trinajstić information content (AvgIpc) is 2.15. The summed E-state index contributed by atoms with van der Waals surface area (Å²) >= 11 is 0. The van der Waals surface area contributed by atoms with Gasteiger partial charge in [-0.15, -0.1) is 12.3 Å². The summed E-state index contributed by atoms with van der Waals surface area (Å²) < 4.78 is 0. The number of terminal acetylenes is 1. The quantitative estimate of drug-likeness (QED) is 0.650. The predicted octanol–water partition coefficient (Wildman–Crippen LogP) is 0.940. The maximum Gasteiger partial charge on any atom is 0.0244 e. The molecule has 74 valence electrons. The SMILES string of the molecule is C#CCCN1CCNCC1C(C)C. The Morgan fingerprint density at radius 2 is 2.38 bits per heavy atom. The summed E-state index contributed by atoms with van der Waals surface area (Å²) in [5.41, 5.74) is 0. The van der Waals surface area contributed by atoms with Crippen LogP contribution in [0.4, 0.5) is 0 Å². The first-order valence-electron chi connectivity index (χ1n) is 5.14. The fourth-order valence-electron chi connectivity index (χ4n) is 1.91. The first-order chi connectivity index (χ1) is 6.25. The van der Waals surface area contributed by atoms with Crippen molar-refractivity contribution in [1.82, 2.24) is 10.2 Å². The highest BCUT2D eigenvalue weighted by atomic mass is 15.2. The molecule has 1 atom stereocenters. The zero-order valence-electron chi connectivity index (χ0n) is 8.71. The van der Waals surface area contributed by atoms with E-state index in [-0.39, 0.29) is 0 Å². The first kappa shape index (κ1) is 10.6. The highest BCUT2D eigenvalue weighted by molar-refractivity contribution is 4.88. The van der Waals surface area contributed by atoms with E-state index in [1.54, 1.807) is 0 Å². The van der Waals surface area contributed by atoms with Crippen LogP contribution in [-0.4, -0.2) is 37.1 Å². The van der Waals surface area contributed by atoms with Crippen LogP contribution in [0.25, 0.3) is 0 Å². The van der Waals surface area contributed by atoms with Gasteiger partial charge in [-0.1, -0.05) is 13.8 Å². The second-order valence-corrected chi connectivity index (χ2v) is 4.01. The molecular weight excluding hydrogens is 160 g/mol. The molecule has 2 heteroatoms. The van der Waals surface area contributed by atoms with Crippen LogP contribution in [0, 0.1) is 18.3 Å². The largest absolute Gasteiger partial charge is 0.314 e. The van der Waals surface area contributed by atoms with E-state index < -0.39 is 0 Å². The van der Waals surface area contributed by atoms with Crippen LogP contribution in [0.1, 0.15) is 20.3 Å². The van der Waals surface area contributed by atoms with Crippen molar-refractivity contribution in [1.29, 1.82) is 0 Å². The number of nitrogens with zero attached hydrogens (tertiary/aromatic N) is 1. The van der Waals surface area contributed by atoms with E-state index >= 15 is 0 Å². The van der Waals surface area contributed by atoms with E-state index in [0.29, 0.717) is 12.0 Å². The monoisotopic (exact) mass is 180 g/mol. The standard InChI is InChI=1S/C11H20N2/c1-4-5-7-13-8-6-12-9-11(13)10(2)3/h1,10-12H,5-9H2,2-3H3. The van der Waals surface area contributed by atoms with Gasteiger partial charge in [-0.05, 0) is 5.92 Å². The van der Waals surface area contributed by atoms with Crippen molar-refractivity contribution < 1.29 is 0 Å². The first-order valence-corrected chi connectivity index (χ1v) is 5.14. The molecule has 1 aliphatic heterocycles. The van der Waals surface area contributed by atoms with Gasteiger partial charge in [0.15, 0.2) is 0 Å². The van der Waals surface area contributed by atoms with Crippen molar-refractivity contribution in [3.8, 4) is 12.3 Å². The molecule has 1 aliphatic rings. The zero-order valence-corrected chi connectivity index (χ0v) is 8.71. The normalized spacial score (nSPS) is 24.6. The molecule has 0 aromatic rings. The second-order valence-electron chi connectivity index (χ2n) is 4.01. The Hall–Kier alpha value is -0.520. The third kappa shape index (κ3) is 3.02. The maximum atomic E-state index is 5.27. The molecule has 0 amide bonds. The summed E-state index contributed by atoms with van der Waals surface area (Å²) in [6.07, 6.45) is 6.15. The van der Waals surface area contributed by atoms with Gasteiger partial charge in [-0.3, -0.25) is 4.90 Å². The highest BCUT2D eigenvalue weighted by Crippen LogP contribution is 2.12. The number of piperazine rings is 1. The molecule has 0 radical (unpaired) electrons. The smallest absolute Gasteiger partial charge is 0.0244 e. The molecule has 1 saturated heterocycles. The molecule has 2 nitrogen and oxygen atoms in total. The minimum atomic E-state index is 0.669. The molecule has 1 fully saturated rings. The van der Waals surface area contributed by atoms with Crippen LogP contribution in [-0.2, 0) is 0 Å². The van der Waals surface area contributed by atoms with E-state index in [0.717, 1.165) is 32.6 Å². The van der Waals surface area contributed by atoms with E-state index in [1.807, 2.05) is 0 Å². The third-order valence-electron chi connectivity index (χ3n) is 2.71. The van der Waals surface area contributed by atoms with Crippen LogP contribution in [0.15, 0.2) is 0 Å². The second kappa shape index (κ2) is 5.26. The number of nitrogens with one attached hydrogen (secondary N) is 1. The van der Waals surface area contributed by atoms with Crippen molar-refractivity contribution in [2.45, 2.75) is 26.3 Å². The summed E-state index contributed by atoms with van der Waals surface area (Å²) in [7, 11) is 0. The summed E-state index contributed by atoms with van der Waals surface area (Å²) in [4.78, 5) is 2.51. The van der Waals surface area contributed by atoms with Crippen LogP contribution >= 0.6 is 0 Å². The van der Waals surface area contributed by atoms with Gasteiger partial charge in [0.2, 0.25) is 0 Å². The third-order valence-corrected chi connectivity index (χ3v) is 2.71. The lowest BCUT2D eigenvalue weighted by Crippen LogP contribution is -2.53. The van der Waals surface area contributed by atoms with Crippen LogP contribution in [0.3, 0.4) is 0 Å². The molecular formula is C11H20N2. The lowest BCUT2D eigenvalue weighted by Gasteiger charge is -2.38. The molecule has 1 N–H and O–H groups in total. The van der Waals surface area contributed by atoms with Crippen molar-refractivity contribution >= 4 is 0 Å². The fourth-order valence-corrected chi connectivity index (χ4v) is 1.91. The molecule has 1 heterocycles. The highest BCUT2D eigenvalue weighted by Gasteiger charge is 2.23. The Morgan fingerprint density at radius 3 is 3.00 bits per heavy atom. The summed E-state index contributed by atoms with van der Waals surface area (Å²) in [5.74, 6) is 3.43. The van der Waals surface area contributed by atoms with Crippen molar-refractivity contribution in [2.75, 3.05) is 26.2 Å². The lowest BCUT2D eigenvalue weighted by atomic mass is 10.0. The fraction of sp³-hybridized carbons (Fsp3) is 0.818. The Morgan fingerprint density at radius 1 is 1.62 bits per heavy atom. The van der Waals surface area contributed by atoms with Gasteiger partial charge in [0.1, 0.15) is 0 Å². The summed E-state index contributed by atoms with van der Waals surface area (Å²) in [5, 5.41) is 3.43. The van der Waals surface area contributed by atoms with Crippen LogP contribution in [0.5, 0.6) is 0 Å². The number of rotatable bonds is 3. The van der Waals surface area contributed by atoms with Crippen molar-refractivity contribution in [2.24, 2.45) is 5.92 Å². The average molecular weight is 180 g/mol. The van der Waals surface area contributed by atoms with Gasteiger partial charge in [0, 0.05) is 38.6 Å². The number of hydrogen-bond acceptors (Lipinski definition) is 2. The molecule has 1 rings (SSSR count). The van der Waals surface area contributed by atoms with Crippen LogP contribution in [0.2, 0.25) is 0 Å². The maximum absolute atomic E-state index is 5.27. The molecule has 0 aliphatic carbocycles. The van der Waals surface area contributed by atoms with Gasteiger partial charge in [0.05, 0.1) is 0 Å². The van der Waals surface area contributed by atoms with Crippen molar-refractivity contribution in [3.05, 3.63) is 0 Å². The summed E-state index contributed by atoms with van der Waals surface area (Å²) in [6, 6.07) is 0.669. The molecule has 1 unspecified atom stereocenters. The Bertz CT molecular complexity index is 181.